The largest absolute Gasteiger partial charge is 0.370 e. The van der Waals surface area contributed by atoms with Crippen LogP contribution in [0.25, 0.3) is 10.6 Å². The van der Waals surface area contributed by atoms with E-state index in [-0.39, 0.29) is 6.04 Å². The standard InChI is InChI=1S/C14H15N5S/c1-18-11(5-7-16-18)12-4-6-15-14-9-10(17-19(12)14)13-3-2-8-20-13/h2-3,5,7-9,12,15H,4,6H2,1H3. The molecule has 4 rings (SSSR count). The second-order valence-electron chi connectivity index (χ2n) is 4.95. The van der Waals surface area contributed by atoms with Gasteiger partial charge in [-0.3, -0.25) is 4.68 Å². The molecule has 102 valence electrons. The molecule has 6 heteroatoms. The molecular weight excluding hydrogens is 270 g/mol. The molecule has 0 saturated carbocycles. The smallest absolute Gasteiger partial charge is 0.125 e. The highest BCUT2D eigenvalue weighted by atomic mass is 32.1. The highest BCUT2D eigenvalue weighted by Crippen LogP contribution is 2.33. The monoisotopic (exact) mass is 285 g/mol. The second kappa shape index (κ2) is 4.49. The summed E-state index contributed by atoms with van der Waals surface area (Å²) in [6, 6.07) is 8.63. The molecule has 1 atom stereocenters. The van der Waals surface area contributed by atoms with Gasteiger partial charge in [0.15, 0.2) is 0 Å². The van der Waals surface area contributed by atoms with Gasteiger partial charge in [-0.1, -0.05) is 6.07 Å². The molecule has 0 aromatic carbocycles. The van der Waals surface area contributed by atoms with Crippen molar-refractivity contribution < 1.29 is 0 Å². The molecule has 0 aliphatic carbocycles. The van der Waals surface area contributed by atoms with Gasteiger partial charge in [0.05, 0.1) is 16.6 Å². The van der Waals surface area contributed by atoms with Crippen LogP contribution in [-0.2, 0) is 7.05 Å². The minimum absolute atomic E-state index is 0.257. The van der Waals surface area contributed by atoms with Crippen molar-refractivity contribution >= 4 is 17.2 Å². The second-order valence-corrected chi connectivity index (χ2v) is 5.90. The Balaban J connectivity index is 1.80. The third-order valence-corrected chi connectivity index (χ3v) is 4.62. The summed E-state index contributed by atoms with van der Waals surface area (Å²) in [6.45, 7) is 0.964. The highest BCUT2D eigenvalue weighted by molar-refractivity contribution is 7.13. The van der Waals surface area contributed by atoms with Gasteiger partial charge in [0.1, 0.15) is 11.5 Å². The zero-order valence-corrected chi connectivity index (χ0v) is 12.0. The fraction of sp³-hybridized carbons (Fsp3) is 0.286. The third kappa shape index (κ3) is 1.76. The van der Waals surface area contributed by atoms with E-state index in [1.54, 1.807) is 11.3 Å². The van der Waals surface area contributed by atoms with Crippen molar-refractivity contribution in [1.29, 1.82) is 0 Å². The topological polar surface area (TPSA) is 47.7 Å². The Morgan fingerprint density at radius 2 is 2.35 bits per heavy atom. The first-order chi connectivity index (χ1) is 9.83. The summed E-state index contributed by atoms with van der Waals surface area (Å²) in [4.78, 5) is 1.21. The molecule has 0 spiro atoms. The lowest BCUT2D eigenvalue weighted by Crippen LogP contribution is -2.25. The summed E-state index contributed by atoms with van der Waals surface area (Å²) in [7, 11) is 1.99. The van der Waals surface area contributed by atoms with Gasteiger partial charge in [0, 0.05) is 25.9 Å². The quantitative estimate of drug-likeness (QED) is 0.787. The van der Waals surface area contributed by atoms with Crippen molar-refractivity contribution in [2.45, 2.75) is 12.5 Å². The van der Waals surface area contributed by atoms with Crippen LogP contribution < -0.4 is 5.32 Å². The fourth-order valence-electron chi connectivity index (χ4n) is 2.75. The maximum Gasteiger partial charge on any atom is 0.125 e. The lowest BCUT2D eigenvalue weighted by atomic mass is 10.1. The fourth-order valence-corrected chi connectivity index (χ4v) is 3.43. The van der Waals surface area contributed by atoms with E-state index in [1.807, 2.05) is 17.9 Å². The van der Waals surface area contributed by atoms with Crippen molar-refractivity contribution in [1.82, 2.24) is 19.6 Å². The highest BCUT2D eigenvalue weighted by Gasteiger charge is 2.25. The number of hydrogen-bond donors (Lipinski definition) is 1. The molecule has 0 fully saturated rings. The van der Waals surface area contributed by atoms with Gasteiger partial charge in [-0.25, -0.2) is 4.68 Å². The summed E-state index contributed by atoms with van der Waals surface area (Å²) >= 11 is 1.72. The minimum Gasteiger partial charge on any atom is -0.370 e. The summed E-state index contributed by atoms with van der Waals surface area (Å²) < 4.78 is 4.03. The number of nitrogens with zero attached hydrogens (tertiary/aromatic N) is 4. The summed E-state index contributed by atoms with van der Waals surface area (Å²) in [5.41, 5.74) is 2.24. The maximum absolute atomic E-state index is 4.80. The predicted octanol–water partition coefficient (Wildman–Crippen LogP) is 2.75. The average Bonchev–Trinajstić information content (AvgIpc) is 3.17. The van der Waals surface area contributed by atoms with E-state index in [9.17, 15) is 0 Å². The Labute approximate surface area is 120 Å². The number of hydrogen-bond acceptors (Lipinski definition) is 4. The molecule has 0 radical (unpaired) electrons. The molecule has 1 unspecified atom stereocenters. The number of aryl methyl sites for hydroxylation is 1. The van der Waals surface area contributed by atoms with E-state index in [0.29, 0.717) is 0 Å². The molecule has 4 heterocycles. The van der Waals surface area contributed by atoms with Gasteiger partial charge >= 0.3 is 0 Å². The van der Waals surface area contributed by atoms with Crippen LogP contribution in [0.1, 0.15) is 18.2 Å². The lowest BCUT2D eigenvalue weighted by molar-refractivity contribution is 0.453. The summed E-state index contributed by atoms with van der Waals surface area (Å²) in [6.07, 6.45) is 2.87. The van der Waals surface area contributed by atoms with Crippen LogP contribution in [0.5, 0.6) is 0 Å². The van der Waals surface area contributed by atoms with E-state index >= 15 is 0 Å². The molecule has 0 saturated heterocycles. The van der Waals surface area contributed by atoms with Gasteiger partial charge in [-0.2, -0.15) is 10.2 Å². The van der Waals surface area contributed by atoms with E-state index in [4.69, 9.17) is 5.10 Å². The van der Waals surface area contributed by atoms with E-state index in [2.05, 4.69) is 44.7 Å². The van der Waals surface area contributed by atoms with Crippen LogP contribution in [0, 0.1) is 0 Å². The number of thiophene rings is 1. The first-order valence-electron chi connectivity index (χ1n) is 6.68. The van der Waals surface area contributed by atoms with Gasteiger partial charge < -0.3 is 5.32 Å². The van der Waals surface area contributed by atoms with E-state index in [1.165, 1.54) is 10.6 Å². The Morgan fingerprint density at radius 1 is 1.40 bits per heavy atom. The molecule has 1 aliphatic heterocycles. The number of fused-ring (bicyclic) bond motifs is 1. The Bertz CT molecular complexity index is 725. The zero-order valence-electron chi connectivity index (χ0n) is 11.2. The Morgan fingerprint density at radius 3 is 3.10 bits per heavy atom. The molecule has 20 heavy (non-hydrogen) atoms. The normalized spacial score (nSPS) is 17.8. The zero-order chi connectivity index (χ0) is 13.5. The Kier molecular flexibility index (Phi) is 2.63. The first kappa shape index (κ1) is 11.7. The number of anilines is 1. The molecule has 3 aromatic rings. The number of rotatable bonds is 2. The van der Waals surface area contributed by atoms with Crippen molar-refractivity contribution in [2.75, 3.05) is 11.9 Å². The molecular formula is C14H15N5S. The Hall–Kier alpha value is -2.08. The number of aromatic nitrogens is 4. The lowest BCUT2D eigenvalue weighted by Gasteiger charge is -2.25. The third-order valence-electron chi connectivity index (χ3n) is 3.73. The predicted molar refractivity (Wildman–Crippen MR) is 80.0 cm³/mol. The average molecular weight is 285 g/mol. The molecule has 0 bridgehead atoms. The molecule has 5 nitrogen and oxygen atoms in total. The van der Waals surface area contributed by atoms with Crippen LogP contribution in [0.3, 0.4) is 0 Å². The van der Waals surface area contributed by atoms with Crippen LogP contribution >= 0.6 is 11.3 Å². The van der Waals surface area contributed by atoms with Gasteiger partial charge in [-0.05, 0) is 23.9 Å². The molecule has 0 amide bonds. The van der Waals surface area contributed by atoms with Crippen LogP contribution in [-0.4, -0.2) is 26.1 Å². The SMILES string of the molecule is Cn1nccc1C1CCNc2cc(-c3cccs3)nn21. The van der Waals surface area contributed by atoms with Gasteiger partial charge in [0.25, 0.3) is 0 Å². The molecule has 3 aromatic heterocycles. The number of nitrogens with one attached hydrogen (secondary N) is 1. The molecule has 1 aliphatic rings. The maximum atomic E-state index is 4.80. The van der Waals surface area contributed by atoms with Crippen molar-refractivity contribution in [3.63, 3.8) is 0 Å². The van der Waals surface area contributed by atoms with Gasteiger partial charge in [-0.15, -0.1) is 11.3 Å². The first-order valence-corrected chi connectivity index (χ1v) is 7.56. The minimum atomic E-state index is 0.257. The van der Waals surface area contributed by atoms with Crippen molar-refractivity contribution in [3.05, 3.63) is 41.5 Å². The summed E-state index contributed by atoms with van der Waals surface area (Å²) in [5.74, 6) is 1.09. The molecule has 1 N–H and O–H groups in total. The van der Waals surface area contributed by atoms with Crippen LogP contribution in [0.4, 0.5) is 5.82 Å². The van der Waals surface area contributed by atoms with Crippen molar-refractivity contribution in [3.8, 4) is 10.6 Å². The van der Waals surface area contributed by atoms with Crippen LogP contribution in [0.15, 0.2) is 35.8 Å². The van der Waals surface area contributed by atoms with Crippen molar-refractivity contribution in [2.24, 2.45) is 7.05 Å². The summed E-state index contributed by atoms with van der Waals surface area (Å²) in [5, 5.41) is 14.6. The van der Waals surface area contributed by atoms with E-state index < -0.39 is 0 Å². The van der Waals surface area contributed by atoms with Gasteiger partial charge in [0.2, 0.25) is 0 Å². The van der Waals surface area contributed by atoms with Crippen LogP contribution in [0.2, 0.25) is 0 Å². The van der Waals surface area contributed by atoms with E-state index in [0.717, 1.165) is 24.5 Å².